The molecule has 15 rings (SSSR count). The van der Waals surface area contributed by atoms with Crippen LogP contribution in [0.15, 0.2) is 220 Å². The highest BCUT2D eigenvalue weighted by Gasteiger charge is 2.24. The summed E-state index contributed by atoms with van der Waals surface area (Å²) in [7, 11) is 0. The molecule has 0 aliphatic carbocycles. The first kappa shape index (κ1) is 37.6. The van der Waals surface area contributed by atoms with Crippen LogP contribution in [0.1, 0.15) is 0 Å². The average molecular weight is 887 g/mol. The number of pyridine rings is 1. The van der Waals surface area contributed by atoms with Gasteiger partial charge in [0, 0.05) is 56.8 Å². The zero-order valence-corrected chi connectivity index (χ0v) is 36.5. The highest BCUT2D eigenvalue weighted by atomic mass is 16.3. The summed E-state index contributed by atoms with van der Waals surface area (Å²) in [6.07, 6.45) is 1.86. The van der Waals surface area contributed by atoms with Gasteiger partial charge in [0.2, 0.25) is 0 Å². The second-order valence-electron chi connectivity index (χ2n) is 17.6. The monoisotopic (exact) mass is 886 g/mol. The van der Waals surface area contributed by atoms with E-state index in [9.17, 15) is 0 Å². The van der Waals surface area contributed by atoms with Crippen molar-refractivity contribution in [3.63, 3.8) is 0 Å². The molecule has 5 aromatic heterocycles. The van der Waals surface area contributed by atoms with Gasteiger partial charge in [-0.05, 0) is 128 Å². The third-order valence-electron chi connectivity index (χ3n) is 13.5. The van der Waals surface area contributed by atoms with Gasteiger partial charge in [0.25, 0.3) is 11.7 Å². The van der Waals surface area contributed by atoms with Gasteiger partial charge in [0.15, 0.2) is 11.1 Å². The molecule has 0 aliphatic rings. The molecule has 9 heteroatoms. The predicted molar refractivity (Wildman–Crippen MR) is 279 cm³/mol. The fraction of sp³-hybridized carbons (Fsp3) is 0. The van der Waals surface area contributed by atoms with Gasteiger partial charge in [-0.1, -0.05) is 97.1 Å². The molecule has 0 atom stereocenters. The van der Waals surface area contributed by atoms with E-state index in [2.05, 4.69) is 157 Å². The van der Waals surface area contributed by atoms with Crippen molar-refractivity contribution >= 4 is 144 Å². The van der Waals surface area contributed by atoms with E-state index < -0.39 is 0 Å². The lowest BCUT2D eigenvalue weighted by molar-refractivity contribution is 0.649. The van der Waals surface area contributed by atoms with Crippen molar-refractivity contribution in [1.82, 2.24) is 20.2 Å². The number of furan rings is 3. The molecule has 69 heavy (non-hydrogen) atoms. The summed E-state index contributed by atoms with van der Waals surface area (Å²) in [5.41, 5.74) is 9.37. The van der Waals surface area contributed by atoms with Crippen molar-refractivity contribution in [3.05, 3.63) is 206 Å². The van der Waals surface area contributed by atoms with E-state index in [-0.39, 0.29) is 0 Å². The van der Waals surface area contributed by atoms with Crippen molar-refractivity contribution in [2.75, 3.05) is 9.80 Å². The molecule has 0 aliphatic heterocycles. The van der Waals surface area contributed by atoms with E-state index in [0.29, 0.717) is 28.3 Å². The number of hydrogen-bond acceptors (Lipinski definition) is 9. The lowest BCUT2D eigenvalue weighted by Gasteiger charge is -2.25. The normalized spacial score (nSPS) is 12.1. The van der Waals surface area contributed by atoms with Gasteiger partial charge in [0.1, 0.15) is 27.8 Å². The SMILES string of the molecule is c1ccc2cc3cc(N(c4ccc5c(c4)oc4ccccc45)c4cnc5c(c4)oc4nc(N(c6ccc7cc8ccccc8cc7c6)c6ccc7c(c6)oc6ccccc67)nnc45)ccc3cc2c1. The molecule has 0 unspecified atom stereocenters. The highest BCUT2D eigenvalue weighted by molar-refractivity contribution is 6.09. The number of anilines is 6. The molecule has 0 saturated carbocycles. The second-order valence-corrected chi connectivity index (χ2v) is 17.6. The van der Waals surface area contributed by atoms with Gasteiger partial charge < -0.3 is 18.2 Å². The van der Waals surface area contributed by atoms with E-state index in [0.717, 1.165) is 99.2 Å². The first-order chi connectivity index (χ1) is 34.1. The molecule has 0 amide bonds. The maximum atomic E-state index is 6.67. The average Bonchev–Trinajstić information content (AvgIpc) is 4.08. The highest BCUT2D eigenvalue weighted by Crippen LogP contribution is 2.43. The minimum atomic E-state index is 0.314. The third-order valence-corrected chi connectivity index (χ3v) is 13.5. The van der Waals surface area contributed by atoms with E-state index in [1.807, 2.05) is 59.6 Å². The lowest BCUT2D eigenvalue weighted by Crippen LogP contribution is -2.14. The maximum Gasteiger partial charge on any atom is 0.257 e. The Morgan fingerprint density at radius 2 is 0.754 bits per heavy atom. The number of benzene rings is 10. The molecule has 0 spiro atoms. The number of fused-ring (bicyclic) bond motifs is 13. The molecule has 0 fully saturated rings. The van der Waals surface area contributed by atoms with Crippen molar-refractivity contribution in [2.24, 2.45) is 0 Å². The summed E-state index contributed by atoms with van der Waals surface area (Å²) in [6, 6.07) is 69.5. The quantitative estimate of drug-likeness (QED) is 0.151. The smallest absolute Gasteiger partial charge is 0.257 e. The van der Waals surface area contributed by atoms with Crippen LogP contribution < -0.4 is 9.80 Å². The van der Waals surface area contributed by atoms with Gasteiger partial charge in [-0.15, -0.1) is 10.2 Å². The van der Waals surface area contributed by atoms with Crippen LogP contribution in [0.3, 0.4) is 0 Å². The molecule has 15 aromatic rings. The van der Waals surface area contributed by atoms with Gasteiger partial charge in [-0.3, -0.25) is 4.90 Å². The fourth-order valence-electron chi connectivity index (χ4n) is 10.2. The van der Waals surface area contributed by atoms with Crippen LogP contribution in [-0.2, 0) is 0 Å². The largest absolute Gasteiger partial charge is 0.456 e. The minimum Gasteiger partial charge on any atom is -0.456 e. The first-order valence-electron chi connectivity index (χ1n) is 22.8. The van der Waals surface area contributed by atoms with Gasteiger partial charge in [-0.2, -0.15) is 4.98 Å². The van der Waals surface area contributed by atoms with Gasteiger partial charge in [0.05, 0.1) is 17.6 Å². The zero-order valence-electron chi connectivity index (χ0n) is 36.5. The van der Waals surface area contributed by atoms with E-state index in [1.54, 1.807) is 0 Å². The molecule has 0 bridgehead atoms. The number of hydrogen-bond donors (Lipinski definition) is 0. The summed E-state index contributed by atoms with van der Waals surface area (Å²) in [5, 5.41) is 23.0. The standard InChI is InChI=1S/C60H34N6O3/c1-3-11-37-27-41-29-43(19-17-39(41)25-35(37)9-1)65(45-21-23-50-48-13-5-7-15-52(48)67-54(50)31-45)47-33-56-57(61-34-47)58-59(69-56)62-60(64-63-58)66(46-22-24-51-49-14-6-8-16-53(49)68-55(51)32-46)44-20-18-40-26-36-10-2-4-12-38(36)28-42(40)30-44/h1-34H. The molecule has 322 valence electrons. The Labute approximate surface area is 391 Å². The molecular formula is C60H34N6O3. The topological polar surface area (TPSA) is 97.5 Å². The number of rotatable bonds is 6. The molecule has 10 aromatic carbocycles. The third kappa shape index (κ3) is 5.97. The van der Waals surface area contributed by atoms with Crippen LogP contribution in [0, 0.1) is 0 Å². The molecular weight excluding hydrogens is 853 g/mol. The molecule has 5 heterocycles. The Kier molecular flexibility index (Phi) is 7.87. The van der Waals surface area contributed by atoms with E-state index >= 15 is 0 Å². The lowest BCUT2D eigenvalue weighted by atomic mass is 10.0. The Balaban J connectivity index is 0.887. The Bertz CT molecular complexity index is 4320. The van der Waals surface area contributed by atoms with Crippen molar-refractivity contribution in [2.45, 2.75) is 0 Å². The van der Waals surface area contributed by atoms with Crippen molar-refractivity contribution < 1.29 is 13.3 Å². The number of aromatic nitrogens is 4. The van der Waals surface area contributed by atoms with E-state index in [1.165, 1.54) is 16.2 Å². The van der Waals surface area contributed by atoms with Crippen LogP contribution in [0.2, 0.25) is 0 Å². The first-order valence-corrected chi connectivity index (χ1v) is 22.8. The Hall–Kier alpha value is -9.60. The summed E-state index contributed by atoms with van der Waals surface area (Å²) >= 11 is 0. The summed E-state index contributed by atoms with van der Waals surface area (Å²) < 4.78 is 19.5. The fourth-order valence-corrected chi connectivity index (χ4v) is 10.2. The second kappa shape index (κ2) is 14.4. The summed E-state index contributed by atoms with van der Waals surface area (Å²) in [4.78, 5) is 14.3. The van der Waals surface area contributed by atoms with Crippen molar-refractivity contribution in [1.29, 1.82) is 0 Å². The number of para-hydroxylation sites is 2. The summed E-state index contributed by atoms with van der Waals surface area (Å²) in [6.45, 7) is 0. The maximum absolute atomic E-state index is 6.67. The molecule has 0 saturated heterocycles. The number of nitrogens with zero attached hydrogens (tertiary/aromatic N) is 6. The zero-order chi connectivity index (χ0) is 45.2. The Morgan fingerprint density at radius 3 is 1.35 bits per heavy atom. The molecule has 0 N–H and O–H groups in total. The van der Waals surface area contributed by atoms with Crippen LogP contribution in [0.25, 0.3) is 109 Å². The van der Waals surface area contributed by atoms with Crippen LogP contribution in [-0.4, -0.2) is 20.2 Å². The molecule has 9 nitrogen and oxygen atoms in total. The minimum absolute atomic E-state index is 0.314. The van der Waals surface area contributed by atoms with E-state index in [4.69, 9.17) is 33.4 Å². The van der Waals surface area contributed by atoms with Crippen LogP contribution >= 0.6 is 0 Å². The molecule has 0 radical (unpaired) electrons. The summed E-state index contributed by atoms with van der Waals surface area (Å²) in [5.74, 6) is 0.335. The predicted octanol–water partition coefficient (Wildman–Crippen LogP) is 16.5. The van der Waals surface area contributed by atoms with Gasteiger partial charge in [-0.25, -0.2) is 4.98 Å². The van der Waals surface area contributed by atoms with Crippen LogP contribution in [0.5, 0.6) is 0 Å². The Morgan fingerprint density at radius 1 is 0.304 bits per heavy atom. The van der Waals surface area contributed by atoms with Crippen LogP contribution in [0.4, 0.5) is 34.4 Å². The van der Waals surface area contributed by atoms with Crippen molar-refractivity contribution in [3.8, 4) is 0 Å². The van der Waals surface area contributed by atoms with Gasteiger partial charge >= 0.3 is 0 Å².